The number of halogens is 3. The maximum atomic E-state index is 13.3. The summed E-state index contributed by atoms with van der Waals surface area (Å²) in [6.45, 7) is 3.75. The van der Waals surface area contributed by atoms with Crippen molar-refractivity contribution in [2.45, 2.75) is 31.6 Å². The lowest BCUT2D eigenvalue weighted by molar-refractivity contribution is -0.137. The van der Waals surface area contributed by atoms with Crippen molar-refractivity contribution in [1.82, 2.24) is 14.7 Å². The van der Waals surface area contributed by atoms with Crippen LogP contribution in [0.15, 0.2) is 54.6 Å². The molecule has 2 aliphatic heterocycles. The Morgan fingerprint density at radius 3 is 2.27 bits per heavy atom. The van der Waals surface area contributed by atoms with Crippen molar-refractivity contribution < 1.29 is 22.8 Å². The van der Waals surface area contributed by atoms with E-state index in [1.807, 2.05) is 18.2 Å². The number of anilines is 1. The third-order valence-corrected chi connectivity index (χ3v) is 6.21. The number of hydrogen-bond donors (Lipinski definition) is 1. The molecule has 1 unspecified atom stereocenters. The summed E-state index contributed by atoms with van der Waals surface area (Å²) in [4.78, 5) is 31.4. The van der Waals surface area contributed by atoms with Gasteiger partial charge in [0.05, 0.1) is 11.3 Å². The first-order valence-electron chi connectivity index (χ1n) is 11.1. The van der Waals surface area contributed by atoms with Gasteiger partial charge in [-0.25, -0.2) is 4.79 Å². The van der Waals surface area contributed by atoms with Gasteiger partial charge < -0.3 is 15.1 Å². The van der Waals surface area contributed by atoms with Crippen LogP contribution in [-0.4, -0.2) is 65.4 Å². The Morgan fingerprint density at radius 1 is 0.909 bits per heavy atom. The first-order chi connectivity index (χ1) is 15.8. The Balaban J connectivity index is 1.36. The molecule has 0 spiro atoms. The Hall–Kier alpha value is -3.07. The second-order valence-corrected chi connectivity index (χ2v) is 8.41. The molecule has 0 aromatic heterocycles. The van der Waals surface area contributed by atoms with Crippen molar-refractivity contribution in [2.24, 2.45) is 0 Å². The third kappa shape index (κ3) is 5.47. The van der Waals surface area contributed by atoms with E-state index >= 15 is 0 Å². The van der Waals surface area contributed by atoms with Crippen LogP contribution in [0.4, 0.5) is 23.7 Å². The predicted molar refractivity (Wildman–Crippen MR) is 118 cm³/mol. The standard InChI is InChI=1S/C24H27F3N4O2/c25-24(26,27)19-9-4-5-10-20(19)28-23(33)31-12-6-11-21(31)22(32)30-15-13-29(14-16-30)17-18-7-2-1-3-8-18/h1-5,7-10,21H,6,11-17H2,(H,28,33). The molecular formula is C24H27F3N4O2. The van der Waals surface area contributed by atoms with Gasteiger partial charge in [0, 0.05) is 39.3 Å². The molecule has 2 aliphatic rings. The summed E-state index contributed by atoms with van der Waals surface area (Å²) in [7, 11) is 0. The van der Waals surface area contributed by atoms with Crippen molar-refractivity contribution in [1.29, 1.82) is 0 Å². The number of carbonyl (C=O) groups is 2. The van der Waals surface area contributed by atoms with Gasteiger partial charge in [-0.05, 0) is 30.5 Å². The van der Waals surface area contributed by atoms with Gasteiger partial charge in [0.15, 0.2) is 0 Å². The van der Waals surface area contributed by atoms with Crippen LogP contribution in [0, 0.1) is 0 Å². The van der Waals surface area contributed by atoms with E-state index in [0.29, 0.717) is 32.5 Å². The number of para-hydroxylation sites is 1. The third-order valence-electron chi connectivity index (χ3n) is 6.21. The number of hydrogen-bond acceptors (Lipinski definition) is 3. The number of carbonyl (C=O) groups excluding carboxylic acids is 2. The van der Waals surface area contributed by atoms with Crippen LogP contribution in [0.5, 0.6) is 0 Å². The topological polar surface area (TPSA) is 55.9 Å². The van der Waals surface area contributed by atoms with E-state index in [9.17, 15) is 22.8 Å². The van der Waals surface area contributed by atoms with E-state index in [0.717, 1.165) is 25.7 Å². The van der Waals surface area contributed by atoms with E-state index in [1.165, 1.54) is 28.7 Å². The lowest BCUT2D eigenvalue weighted by Gasteiger charge is -2.37. The van der Waals surface area contributed by atoms with Crippen LogP contribution in [-0.2, 0) is 17.5 Å². The Morgan fingerprint density at radius 2 is 1.58 bits per heavy atom. The van der Waals surface area contributed by atoms with Gasteiger partial charge >= 0.3 is 12.2 Å². The first-order valence-corrected chi connectivity index (χ1v) is 11.1. The zero-order valence-electron chi connectivity index (χ0n) is 18.2. The molecule has 2 fully saturated rings. The number of likely N-dealkylation sites (tertiary alicyclic amines) is 1. The number of rotatable bonds is 4. The molecule has 3 amide bonds. The quantitative estimate of drug-likeness (QED) is 0.749. The molecule has 0 radical (unpaired) electrons. The summed E-state index contributed by atoms with van der Waals surface area (Å²) in [6, 6.07) is 13.7. The molecule has 4 rings (SSSR count). The van der Waals surface area contributed by atoms with Gasteiger partial charge in [-0.15, -0.1) is 0 Å². The lowest BCUT2D eigenvalue weighted by atomic mass is 10.1. The average Bonchev–Trinajstić information content (AvgIpc) is 3.30. The highest BCUT2D eigenvalue weighted by atomic mass is 19.4. The number of nitrogens with one attached hydrogen (secondary N) is 1. The second kappa shape index (κ2) is 9.82. The maximum absolute atomic E-state index is 13.3. The van der Waals surface area contributed by atoms with E-state index in [1.54, 1.807) is 4.90 Å². The van der Waals surface area contributed by atoms with E-state index < -0.39 is 23.8 Å². The molecule has 6 nitrogen and oxygen atoms in total. The van der Waals surface area contributed by atoms with E-state index in [-0.39, 0.29) is 11.6 Å². The molecule has 0 bridgehead atoms. The normalized spacial score (nSPS) is 19.5. The molecule has 176 valence electrons. The molecule has 2 aromatic carbocycles. The minimum atomic E-state index is -4.58. The summed E-state index contributed by atoms with van der Waals surface area (Å²) < 4.78 is 39.8. The zero-order valence-corrected chi connectivity index (χ0v) is 18.2. The number of piperazine rings is 1. The van der Waals surface area contributed by atoms with Gasteiger partial charge in [-0.3, -0.25) is 9.69 Å². The molecule has 1 atom stereocenters. The Kier molecular flexibility index (Phi) is 6.88. The molecule has 2 heterocycles. The fourth-order valence-electron chi connectivity index (χ4n) is 4.47. The largest absolute Gasteiger partial charge is 0.418 e. The maximum Gasteiger partial charge on any atom is 0.418 e. The predicted octanol–water partition coefficient (Wildman–Crippen LogP) is 4.05. The minimum Gasteiger partial charge on any atom is -0.338 e. The Labute approximate surface area is 191 Å². The average molecular weight is 461 g/mol. The van der Waals surface area contributed by atoms with Crippen molar-refractivity contribution >= 4 is 17.6 Å². The van der Waals surface area contributed by atoms with Gasteiger partial charge in [-0.1, -0.05) is 42.5 Å². The van der Waals surface area contributed by atoms with Crippen LogP contribution < -0.4 is 5.32 Å². The fourth-order valence-corrected chi connectivity index (χ4v) is 4.47. The Bertz CT molecular complexity index is 975. The molecular weight excluding hydrogens is 433 g/mol. The van der Waals surface area contributed by atoms with Crippen molar-refractivity contribution in [3.8, 4) is 0 Å². The van der Waals surface area contributed by atoms with Gasteiger partial charge in [0.25, 0.3) is 0 Å². The SMILES string of the molecule is O=C(C1CCCN1C(=O)Nc1ccccc1C(F)(F)F)N1CCN(Cc2ccccc2)CC1. The number of amides is 3. The van der Waals surface area contributed by atoms with Gasteiger partial charge in [-0.2, -0.15) is 13.2 Å². The molecule has 2 aromatic rings. The van der Waals surface area contributed by atoms with Crippen LogP contribution in [0.2, 0.25) is 0 Å². The summed E-state index contributed by atoms with van der Waals surface area (Å²) in [5.74, 6) is -0.133. The molecule has 2 saturated heterocycles. The molecule has 0 aliphatic carbocycles. The number of urea groups is 1. The highest BCUT2D eigenvalue weighted by molar-refractivity contribution is 5.94. The summed E-state index contributed by atoms with van der Waals surface area (Å²) in [5.41, 5.74) is 0.00707. The summed E-state index contributed by atoms with van der Waals surface area (Å²) in [6.07, 6.45) is -3.43. The smallest absolute Gasteiger partial charge is 0.338 e. The molecule has 9 heteroatoms. The molecule has 0 saturated carbocycles. The minimum absolute atomic E-state index is 0.133. The van der Waals surface area contributed by atoms with Gasteiger partial charge in [0.1, 0.15) is 6.04 Å². The second-order valence-electron chi connectivity index (χ2n) is 8.41. The van der Waals surface area contributed by atoms with Crippen molar-refractivity contribution in [2.75, 3.05) is 38.0 Å². The monoisotopic (exact) mass is 460 g/mol. The number of benzene rings is 2. The van der Waals surface area contributed by atoms with Crippen molar-refractivity contribution in [3.63, 3.8) is 0 Å². The highest BCUT2D eigenvalue weighted by Gasteiger charge is 2.39. The molecule has 1 N–H and O–H groups in total. The highest BCUT2D eigenvalue weighted by Crippen LogP contribution is 2.35. The number of nitrogens with zero attached hydrogens (tertiary/aromatic N) is 3. The fraction of sp³-hybridized carbons (Fsp3) is 0.417. The van der Waals surface area contributed by atoms with E-state index in [2.05, 4.69) is 22.3 Å². The van der Waals surface area contributed by atoms with Crippen LogP contribution in [0.3, 0.4) is 0 Å². The van der Waals surface area contributed by atoms with E-state index in [4.69, 9.17) is 0 Å². The van der Waals surface area contributed by atoms with Crippen molar-refractivity contribution in [3.05, 3.63) is 65.7 Å². The number of alkyl halides is 3. The molecule has 33 heavy (non-hydrogen) atoms. The summed E-state index contributed by atoms with van der Waals surface area (Å²) in [5, 5.41) is 2.37. The lowest BCUT2D eigenvalue weighted by Crippen LogP contribution is -2.54. The first kappa shape index (κ1) is 23.1. The van der Waals surface area contributed by atoms with Crippen LogP contribution in [0.25, 0.3) is 0 Å². The van der Waals surface area contributed by atoms with Crippen LogP contribution in [0.1, 0.15) is 24.0 Å². The van der Waals surface area contributed by atoms with Gasteiger partial charge in [0.2, 0.25) is 5.91 Å². The van der Waals surface area contributed by atoms with Crippen LogP contribution >= 0.6 is 0 Å². The zero-order chi connectivity index (χ0) is 23.4. The summed E-state index contributed by atoms with van der Waals surface area (Å²) >= 11 is 0.